The number of hydrogen-bond acceptors (Lipinski definition) is 2. The van der Waals surface area contributed by atoms with E-state index in [1.165, 1.54) is 32.1 Å². The van der Waals surface area contributed by atoms with E-state index in [1.54, 1.807) is 0 Å². The maximum Gasteiger partial charge on any atom is 0.0574 e. The minimum Gasteiger partial charge on any atom is -0.393 e. The van der Waals surface area contributed by atoms with Crippen molar-refractivity contribution in [1.82, 2.24) is 0 Å². The van der Waals surface area contributed by atoms with Crippen LogP contribution in [0.4, 0.5) is 0 Å². The lowest BCUT2D eigenvalue weighted by Gasteiger charge is -2.44. The first-order chi connectivity index (χ1) is 8.91. The van der Waals surface area contributed by atoms with Gasteiger partial charge in [-0.15, -0.1) is 0 Å². The second kappa shape index (κ2) is 6.13. The molecule has 1 N–H and O–H groups in total. The van der Waals surface area contributed by atoms with Crippen LogP contribution in [-0.2, 0) is 4.74 Å². The molecule has 2 heteroatoms. The van der Waals surface area contributed by atoms with Gasteiger partial charge in [0.1, 0.15) is 0 Å². The van der Waals surface area contributed by atoms with E-state index >= 15 is 0 Å². The fourth-order valence-electron chi connectivity index (χ4n) is 4.27. The molecule has 0 heterocycles. The van der Waals surface area contributed by atoms with Gasteiger partial charge in [-0.25, -0.2) is 0 Å². The van der Waals surface area contributed by atoms with E-state index in [-0.39, 0.29) is 6.10 Å². The lowest BCUT2D eigenvalue weighted by atomic mass is 9.63. The number of ether oxygens (including phenoxy) is 1. The zero-order chi connectivity index (χ0) is 14.0. The van der Waals surface area contributed by atoms with Gasteiger partial charge >= 0.3 is 0 Å². The number of rotatable bonds is 2. The van der Waals surface area contributed by atoms with Crippen molar-refractivity contribution in [3.05, 3.63) is 0 Å². The highest BCUT2D eigenvalue weighted by molar-refractivity contribution is 4.90. The first kappa shape index (κ1) is 15.3. The van der Waals surface area contributed by atoms with Gasteiger partial charge in [0.15, 0.2) is 0 Å². The van der Waals surface area contributed by atoms with Gasteiger partial charge in [0.2, 0.25) is 0 Å². The second-order valence-electron chi connectivity index (χ2n) is 7.89. The molecular formula is C17H32O2. The van der Waals surface area contributed by atoms with Gasteiger partial charge in [-0.3, -0.25) is 0 Å². The van der Waals surface area contributed by atoms with Gasteiger partial charge in [-0.1, -0.05) is 27.2 Å². The molecule has 0 spiro atoms. The van der Waals surface area contributed by atoms with Crippen molar-refractivity contribution in [3.63, 3.8) is 0 Å². The monoisotopic (exact) mass is 268 g/mol. The third-order valence-corrected chi connectivity index (χ3v) is 5.69. The normalized spacial score (nSPS) is 41.2. The van der Waals surface area contributed by atoms with E-state index in [9.17, 15) is 5.11 Å². The lowest BCUT2D eigenvalue weighted by molar-refractivity contribution is -0.0379. The highest BCUT2D eigenvalue weighted by Gasteiger charge is 2.40. The summed E-state index contributed by atoms with van der Waals surface area (Å²) in [4.78, 5) is 0. The Balaban J connectivity index is 2.00. The molecule has 2 rings (SSSR count). The highest BCUT2D eigenvalue weighted by Crippen LogP contribution is 2.45. The van der Waals surface area contributed by atoms with Gasteiger partial charge in [0, 0.05) is 7.11 Å². The highest BCUT2D eigenvalue weighted by atomic mass is 16.5. The van der Waals surface area contributed by atoms with Crippen LogP contribution in [0, 0.1) is 23.2 Å². The molecule has 0 aliphatic heterocycles. The Labute approximate surface area is 118 Å². The van der Waals surface area contributed by atoms with Crippen LogP contribution in [0.1, 0.15) is 65.7 Å². The van der Waals surface area contributed by atoms with Crippen molar-refractivity contribution in [2.75, 3.05) is 7.11 Å². The molecule has 2 aliphatic rings. The predicted octanol–water partition coefficient (Wildman–Crippen LogP) is 4.01. The van der Waals surface area contributed by atoms with Gasteiger partial charge in [-0.2, -0.15) is 0 Å². The Morgan fingerprint density at radius 3 is 2.37 bits per heavy atom. The summed E-state index contributed by atoms with van der Waals surface area (Å²) in [5.41, 5.74) is 0.383. The summed E-state index contributed by atoms with van der Waals surface area (Å²) in [6.45, 7) is 7.06. The summed E-state index contributed by atoms with van der Waals surface area (Å²) in [6.07, 6.45) is 8.70. The van der Waals surface area contributed by atoms with Gasteiger partial charge in [-0.05, 0) is 61.7 Å². The standard InChI is InChI=1S/C17H32O2/c1-17(2,3)13-8-9-16(18)15(11-13)12-6-5-7-14(10-12)19-4/h12-16,18H,5-11H2,1-4H3. The first-order valence-electron chi connectivity index (χ1n) is 8.12. The molecule has 5 atom stereocenters. The SMILES string of the molecule is COC1CCCC(C2CC(C(C)(C)C)CCC2O)C1. The quantitative estimate of drug-likeness (QED) is 0.820. The topological polar surface area (TPSA) is 29.5 Å². The fourth-order valence-corrected chi connectivity index (χ4v) is 4.27. The van der Waals surface area contributed by atoms with Crippen molar-refractivity contribution in [3.8, 4) is 0 Å². The molecule has 0 radical (unpaired) electrons. The number of hydrogen-bond donors (Lipinski definition) is 1. The smallest absolute Gasteiger partial charge is 0.0574 e. The van der Waals surface area contributed by atoms with E-state index in [0.29, 0.717) is 23.4 Å². The Morgan fingerprint density at radius 2 is 1.74 bits per heavy atom. The van der Waals surface area contributed by atoms with Crippen LogP contribution in [0.2, 0.25) is 0 Å². The van der Waals surface area contributed by atoms with Gasteiger partial charge < -0.3 is 9.84 Å². The van der Waals surface area contributed by atoms with E-state index in [4.69, 9.17) is 4.74 Å². The third-order valence-electron chi connectivity index (χ3n) is 5.69. The summed E-state index contributed by atoms with van der Waals surface area (Å²) >= 11 is 0. The van der Waals surface area contributed by atoms with Gasteiger partial charge in [0.25, 0.3) is 0 Å². The number of aliphatic hydroxyl groups excluding tert-OH is 1. The molecule has 112 valence electrons. The van der Waals surface area contributed by atoms with Crippen LogP contribution in [0.25, 0.3) is 0 Å². The molecule has 2 saturated carbocycles. The summed E-state index contributed by atoms with van der Waals surface area (Å²) in [6, 6.07) is 0. The third kappa shape index (κ3) is 3.72. The average Bonchev–Trinajstić information content (AvgIpc) is 2.38. The lowest BCUT2D eigenvalue weighted by Crippen LogP contribution is -2.40. The molecule has 19 heavy (non-hydrogen) atoms. The van der Waals surface area contributed by atoms with E-state index in [0.717, 1.165) is 18.8 Å². The Kier molecular flexibility index (Phi) is 4.94. The zero-order valence-corrected chi connectivity index (χ0v) is 13.2. The van der Waals surface area contributed by atoms with Crippen molar-refractivity contribution >= 4 is 0 Å². The maximum absolute atomic E-state index is 10.4. The predicted molar refractivity (Wildman–Crippen MR) is 79.0 cm³/mol. The van der Waals surface area contributed by atoms with Crippen LogP contribution < -0.4 is 0 Å². The minimum atomic E-state index is -0.0702. The van der Waals surface area contributed by atoms with Crippen molar-refractivity contribution in [1.29, 1.82) is 0 Å². The molecule has 2 aliphatic carbocycles. The molecule has 0 aromatic carbocycles. The summed E-state index contributed by atoms with van der Waals surface area (Å²) < 4.78 is 5.56. The van der Waals surface area contributed by atoms with Crippen molar-refractivity contribution in [2.45, 2.75) is 77.9 Å². The Morgan fingerprint density at radius 1 is 1.00 bits per heavy atom. The van der Waals surface area contributed by atoms with Crippen LogP contribution in [0.3, 0.4) is 0 Å². The van der Waals surface area contributed by atoms with Crippen molar-refractivity contribution in [2.24, 2.45) is 23.2 Å². The molecule has 0 saturated heterocycles. The largest absolute Gasteiger partial charge is 0.393 e. The molecule has 0 bridgehead atoms. The van der Waals surface area contributed by atoms with E-state index < -0.39 is 0 Å². The number of aliphatic hydroxyl groups is 1. The molecule has 5 unspecified atom stereocenters. The Hall–Kier alpha value is -0.0800. The zero-order valence-electron chi connectivity index (χ0n) is 13.2. The molecular weight excluding hydrogens is 236 g/mol. The van der Waals surface area contributed by atoms with Crippen LogP contribution >= 0.6 is 0 Å². The minimum absolute atomic E-state index is 0.0702. The fraction of sp³-hybridized carbons (Fsp3) is 1.00. The van der Waals surface area contributed by atoms with Gasteiger partial charge in [0.05, 0.1) is 12.2 Å². The average molecular weight is 268 g/mol. The van der Waals surface area contributed by atoms with E-state index in [1.807, 2.05) is 7.11 Å². The van der Waals surface area contributed by atoms with Crippen LogP contribution in [0.5, 0.6) is 0 Å². The summed E-state index contributed by atoms with van der Waals surface area (Å²) in [5, 5.41) is 10.4. The van der Waals surface area contributed by atoms with E-state index in [2.05, 4.69) is 20.8 Å². The van der Waals surface area contributed by atoms with Crippen LogP contribution in [-0.4, -0.2) is 24.4 Å². The molecule has 0 aromatic heterocycles. The second-order valence-corrected chi connectivity index (χ2v) is 7.89. The maximum atomic E-state index is 10.4. The van der Waals surface area contributed by atoms with Crippen molar-refractivity contribution < 1.29 is 9.84 Å². The molecule has 2 fully saturated rings. The first-order valence-corrected chi connectivity index (χ1v) is 8.12. The summed E-state index contributed by atoms with van der Waals surface area (Å²) in [5.74, 6) is 1.96. The Bertz CT molecular complexity index is 281. The summed E-state index contributed by atoms with van der Waals surface area (Å²) in [7, 11) is 1.84. The molecule has 0 amide bonds. The van der Waals surface area contributed by atoms with Crippen LogP contribution in [0.15, 0.2) is 0 Å². The molecule has 0 aromatic rings. The molecule has 2 nitrogen and oxygen atoms in total. The number of methoxy groups -OCH3 is 1.